The van der Waals surface area contributed by atoms with Gasteiger partial charge in [-0.3, -0.25) is 4.79 Å². The van der Waals surface area contributed by atoms with Gasteiger partial charge in [-0.05, 0) is 49.8 Å². The first kappa shape index (κ1) is 16.8. The van der Waals surface area contributed by atoms with Crippen molar-refractivity contribution >= 4 is 18.0 Å². The minimum Gasteiger partial charge on any atom is -0.388 e. The fraction of sp³-hybridized carbons (Fsp3) is 0.278. The maximum Gasteiger partial charge on any atom is 0.142 e. The van der Waals surface area contributed by atoms with E-state index in [0.717, 1.165) is 30.6 Å². The first-order valence-corrected chi connectivity index (χ1v) is 7.28. The van der Waals surface area contributed by atoms with Crippen molar-refractivity contribution in [2.24, 2.45) is 0 Å². The van der Waals surface area contributed by atoms with E-state index in [9.17, 15) is 4.79 Å². The molecule has 0 aromatic heterocycles. The predicted octanol–water partition coefficient (Wildman–Crippen LogP) is 3.40. The number of nitrogens with zero attached hydrogens (tertiary/aromatic N) is 1. The summed E-state index contributed by atoms with van der Waals surface area (Å²) in [5, 5.41) is 3.08. The molecule has 3 nitrogen and oxygen atoms in total. The molecule has 0 saturated heterocycles. The number of likely N-dealkylation sites (N-methyl/N-ethyl adjacent to an activating group) is 1. The van der Waals surface area contributed by atoms with E-state index in [-0.39, 0.29) is 0 Å². The van der Waals surface area contributed by atoms with Crippen LogP contribution in [-0.2, 0) is 4.79 Å². The van der Waals surface area contributed by atoms with E-state index in [4.69, 9.17) is 0 Å². The lowest BCUT2D eigenvalue weighted by molar-refractivity contribution is -0.104. The number of hydrogen-bond acceptors (Lipinski definition) is 3. The Bertz CT molecular complexity index is 509. The van der Waals surface area contributed by atoms with Gasteiger partial charge in [-0.2, -0.15) is 0 Å². The van der Waals surface area contributed by atoms with E-state index in [2.05, 4.69) is 48.3 Å². The summed E-state index contributed by atoms with van der Waals surface area (Å²) in [4.78, 5) is 12.5. The Kier molecular flexibility index (Phi) is 7.65. The molecule has 0 radical (unpaired) electrons. The van der Waals surface area contributed by atoms with Gasteiger partial charge in [-0.25, -0.2) is 0 Å². The zero-order valence-corrected chi connectivity index (χ0v) is 13.0. The lowest BCUT2D eigenvalue weighted by atomic mass is 10.1. The van der Waals surface area contributed by atoms with Crippen LogP contribution in [0, 0.1) is 0 Å². The number of carbonyl (C=O) groups is 1. The fourth-order valence-electron chi connectivity index (χ4n) is 2.00. The summed E-state index contributed by atoms with van der Waals surface area (Å²) in [6.45, 7) is 6.35. The number of benzene rings is 1. The topological polar surface area (TPSA) is 32.3 Å². The van der Waals surface area contributed by atoms with Crippen molar-refractivity contribution in [3.8, 4) is 0 Å². The SMILES string of the molecule is CCN(CC)c1ccc(/C=C/C(=CC=CC=O)NC)cc1. The van der Waals surface area contributed by atoms with Crippen molar-refractivity contribution in [3.63, 3.8) is 0 Å². The molecule has 1 rings (SSSR count). The number of hydrogen-bond donors (Lipinski definition) is 1. The Labute approximate surface area is 127 Å². The van der Waals surface area contributed by atoms with Crippen LogP contribution < -0.4 is 10.2 Å². The number of allylic oxidation sites excluding steroid dienone is 4. The van der Waals surface area contributed by atoms with Gasteiger partial charge in [-0.15, -0.1) is 0 Å². The summed E-state index contributed by atoms with van der Waals surface area (Å²) in [5.74, 6) is 0. The minimum atomic E-state index is 0.763. The van der Waals surface area contributed by atoms with Crippen molar-refractivity contribution in [2.75, 3.05) is 25.0 Å². The smallest absolute Gasteiger partial charge is 0.142 e. The van der Waals surface area contributed by atoms with Gasteiger partial charge in [0.1, 0.15) is 6.29 Å². The third-order valence-electron chi connectivity index (χ3n) is 3.23. The molecule has 21 heavy (non-hydrogen) atoms. The van der Waals surface area contributed by atoms with Crippen LogP contribution in [0.3, 0.4) is 0 Å². The third kappa shape index (κ3) is 5.69. The van der Waals surface area contributed by atoms with Crippen LogP contribution in [0.4, 0.5) is 5.69 Å². The highest BCUT2D eigenvalue weighted by molar-refractivity contribution is 5.65. The lowest BCUT2D eigenvalue weighted by Crippen LogP contribution is -2.21. The molecule has 0 aliphatic rings. The summed E-state index contributed by atoms with van der Waals surface area (Å²) in [7, 11) is 1.86. The highest BCUT2D eigenvalue weighted by atomic mass is 16.1. The van der Waals surface area contributed by atoms with Crippen LogP contribution in [0.1, 0.15) is 19.4 Å². The summed E-state index contributed by atoms with van der Waals surface area (Å²) >= 11 is 0. The molecule has 0 aliphatic carbocycles. The standard InChI is InChI=1S/C18H24N2O/c1-4-20(5-2)18-13-10-16(11-14-18)9-12-17(19-3)8-6-7-15-21/h6-15,19H,4-5H2,1-3H3/b7-6?,12-9+,17-8?. The van der Waals surface area contributed by atoms with Gasteiger partial charge in [0.2, 0.25) is 0 Å². The number of anilines is 1. The van der Waals surface area contributed by atoms with Gasteiger partial charge in [0.15, 0.2) is 0 Å². The summed E-state index contributed by atoms with van der Waals surface area (Å²) < 4.78 is 0. The molecule has 0 spiro atoms. The van der Waals surface area contributed by atoms with Crippen LogP contribution in [-0.4, -0.2) is 26.4 Å². The molecule has 1 N–H and O–H groups in total. The number of aldehydes is 1. The second kappa shape index (κ2) is 9.59. The quantitative estimate of drug-likeness (QED) is 0.451. The molecule has 0 atom stereocenters. The second-order valence-corrected chi connectivity index (χ2v) is 4.49. The Morgan fingerprint density at radius 2 is 1.81 bits per heavy atom. The Morgan fingerprint density at radius 1 is 1.14 bits per heavy atom. The predicted molar refractivity (Wildman–Crippen MR) is 91.4 cm³/mol. The first-order chi connectivity index (χ1) is 10.2. The minimum absolute atomic E-state index is 0.763. The molecule has 0 aliphatic heterocycles. The van der Waals surface area contributed by atoms with Gasteiger partial charge in [-0.1, -0.05) is 24.3 Å². The Balaban J connectivity index is 2.78. The third-order valence-corrected chi connectivity index (χ3v) is 3.23. The van der Waals surface area contributed by atoms with E-state index in [0.29, 0.717) is 0 Å². The fourth-order valence-corrected chi connectivity index (χ4v) is 2.00. The number of carbonyl (C=O) groups excluding carboxylic acids is 1. The second-order valence-electron chi connectivity index (χ2n) is 4.49. The van der Waals surface area contributed by atoms with Crippen molar-refractivity contribution in [2.45, 2.75) is 13.8 Å². The molecule has 0 bridgehead atoms. The lowest BCUT2D eigenvalue weighted by Gasteiger charge is -2.20. The monoisotopic (exact) mass is 284 g/mol. The van der Waals surface area contributed by atoms with Gasteiger partial charge >= 0.3 is 0 Å². The van der Waals surface area contributed by atoms with Crippen molar-refractivity contribution in [3.05, 3.63) is 59.8 Å². The number of nitrogens with one attached hydrogen (secondary N) is 1. The van der Waals surface area contributed by atoms with Crippen molar-refractivity contribution < 1.29 is 4.79 Å². The van der Waals surface area contributed by atoms with Crippen LogP contribution in [0.5, 0.6) is 0 Å². The highest BCUT2D eigenvalue weighted by Crippen LogP contribution is 2.15. The molecule has 0 saturated carbocycles. The summed E-state index contributed by atoms with van der Waals surface area (Å²) in [6, 6.07) is 8.50. The van der Waals surface area contributed by atoms with E-state index in [1.54, 1.807) is 6.08 Å². The van der Waals surface area contributed by atoms with E-state index in [1.807, 2.05) is 25.3 Å². The molecular weight excluding hydrogens is 260 g/mol. The van der Waals surface area contributed by atoms with Crippen molar-refractivity contribution in [1.29, 1.82) is 0 Å². The van der Waals surface area contributed by atoms with Gasteiger partial charge < -0.3 is 10.2 Å². The largest absolute Gasteiger partial charge is 0.388 e. The molecule has 0 heterocycles. The van der Waals surface area contributed by atoms with Gasteiger partial charge in [0, 0.05) is 31.5 Å². The summed E-state index contributed by atoms with van der Waals surface area (Å²) in [6.07, 6.45) is 9.83. The van der Waals surface area contributed by atoms with Crippen molar-refractivity contribution in [1.82, 2.24) is 5.32 Å². The molecule has 1 aromatic rings. The first-order valence-electron chi connectivity index (χ1n) is 7.28. The normalized spacial score (nSPS) is 12.0. The average Bonchev–Trinajstić information content (AvgIpc) is 2.53. The Morgan fingerprint density at radius 3 is 2.33 bits per heavy atom. The maximum absolute atomic E-state index is 10.2. The maximum atomic E-state index is 10.2. The molecule has 3 heteroatoms. The van der Waals surface area contributed by atoms with E-state index < -0.39 is 0 Å². The van der Waals surface area contributed by atoms with Gasteiger partial charge in [0.25, 0.3) is 0 Å². The average molecular weight is 284 g/mol. The number of rotatable bonds is 8. The zero-order valence-electron chi connectivity index (χ0n) is 13.0. The van der Waals surface area contributed by atoms with Gasteiger partial charge in [0.05, 0.1) is 0 Å². The van der Waals surface area contributed by atoms with Crippen LogP contribution in [0.15, 0.2) is 54.3 Å². The molecule has 0 amide bonds. The molecule has 112 valence electrons. The van der Waals surface area contributed by atoms with Crippen LogP contribution in [0.2, 0.25) is 0 Å². The molecular formula is C18H24N2O. The zero-order chi connectivity index (χ0) is 15.5. The summed E-state index contributed by atoms with van der Waals surface area (Å²) in [5.41, 5.74) is 3.34. The van der Waals surface area contributed by atoms with Crippen LogP contribution in [0.25, 0.3) is 6.08 Å². The van der Waals surface area contributed by atoms with E-state index in [1.165, 1.54) is 11.8 Å². The van der Waals surface area contributed by atoms with E-state index >= 15 is 0 Å². The molecule has 0 fully saturated rings. The highest BCUT2D eigenvalue weighted by Gasteiger charge is 1.99. The van der Waals surface area contributed by atoms with Crippen LogP contribution >= 0.6 is 0 Å². The molecule has 0 unspecified atom stereocenters. The molecule has 1 aromatic carbocycles. The Hall–Kier alpha value is -2.29.